The first-order chi connectivity index (χ1) is 9.26. The van der Waals surface area contributed by atoms with E-state index >= 15 is 0 Å². The summed E-state index contributed by atoms with van der Waals surface area (Å²) in [6, 6.07) is 9.57. The van der Waals surface area contributed by atoms with Crippen LogP contribution in [0.4, 0.5) is 0 Å². The Morgan fingerprint density at radius 1 is 1.37 bits per heavy atom. The highest BCUT2D eigenvalue weighted by Gasteiger charge is 2.14. The van der Waals surface area contributed by atoms with Crippen LogP contribution in [0, 0.1) is 0 Å². The number of hydrogen-bond acceptors (Lipinski definition) is 2. The lowest BCUT2D eigenvalue weighted by Crippen LogP contribution is -2.34. The van der Waals surface area contributed by atoms with E-state index in [1.807, 2.05) is 31.2 Å². The van der Waals surface area contributed by atoms with E-state index in [1.165, 1.54) is 0 Å². The Labute approximate surface area is 118 Å². The van der Waals surface area contributed by atoms with E-state index in [0.717, 1.165) is 23.7 Å². The molecule has 0 aliphatic rings. The molecule has 0 fully saturated rings. The van der Waals surface area contributed by atoms with Crippen LogP contribution in [-0.2, 0) is 0 Å². The zero-order chi connectivity index (χ0) is 13.7. The van der Waals surface area contributed by atoms with Crippen LogP contribution in [0.3, 0.4) is 0 Å². The zero-order valence-electron chi connectivity index (χ0n) is 10.9. The largest absolute Gasteiger partial charge is 0.349 e. The van der Waals surface area contributed by atoms with Crippen LogP contribution >= 0.6 is 11.6 Å². The number of nitrogens with zero attached hydrogens (tertiary/aromatic N) is 1. The quantitative estimate of drug-likeness (QED) is 0.851. The van der Waals surface area contributed by atoms with Gasteiger partial charge in [0.05, 0.1) is 11.1 Å². The van der Waals surface area contributed by atoms with E-state index in [2.05, 4.69) is 10.3 Å². The molecule has 1 unspecified atom stereocenters. The fourth-order valence-corrected chi connectivity index (χ4v) is 2.32. The van der Waals surface area contributed by atoms with E-state index < -0.39 is 0 Å². The number of alkyl halides is 1. The van der Waals surface area contributed by atoms with E-state index in [4.69, 9.17) is 11.6 Å². The van der Waals surface area contributed by atoms with E-state index in [9.17, 15) is 4.79 Å². The van der Waals surface area contributed by atoms with Gasteiger partial charge in [-0.1, -0.05) is 25.1 Å². The van der Waals surface area contributed by atoms with Crippen molar-refractivity contribution in [3.8, 4) is 0 Å². The standard InChI is InChI=1S/C15H17ClN2O/c1-2-12(8-9-16)18-15(19)13-7-3-5-11-6-4-10-17-14(11)13/h3-7,10,12H,2,8-9H2,1H3,(H,18,19). The van der Waals surface area contributed by atoms with Crippen LogP contribution in [0.1, 0.15) is 30.1 Å². The number of halogens is 1. The van der Waals surface area contributed by atoms with Crippen LogP contribution in [-0.4, -0.2) is 22.8 Å². The number of carbonyl (C=O) groups excluding carboxylic acids is 1. The van der Waals surface area contributed by atoms with Gasteiger partial charge in [-0.25, -0.2) is 0 Å². The van der Waals surface area contributed by atoms with Gasteiger partial charge < -0.3 is 5.32 Å². The normalized spacial score (nSPS) is 12.3. The van der Waals surface area contributed by atoms with Gasteiger partial charge in [-0.3, -0.25) is 9.78 Å². The molecule has 2 aromatic rings. The Morgan fingerprint density at radius 2 is 2.16 bits per heavy atom. The highest BCUT2D eigenvalue weighted by molar-refractivity contribution is 6.17. The first-order valence-corrected chi connectivity index (χ1v) is 7.00. The van der Waals surface area contributed by atoms with Crippen LogP contribution in [0.2, 0.25) is 0 Å². The van der Waals surface area contributed by atoms with Crippen molar-refractivity contribution in [3.05, 3.63) is 42.1 Å². The molecule has 1 aromatic carbocycles. The summed E-state index contributed by atoms with van der Waals surface area (Å²) >= 11 is 5.74. The summed E-state index contributed by atoms with van der Waals surface area (Å²) in [5.74, 6) is 0.466. The van der Waals surface area contributed by atoms with Crippen molar-refractivity contribution in [2.24, 2.45) is 0 Å². The second kappa shape index (κ2) is 6.53. The lowest BCUT2D eigenvalue weighted by molar-refractivity contribution is 0.0936. The van der Waals surface area contributed by atoms with Crippen LogP contribution in [0.15, 0.2) is 36.5 Å². The molecule has 3 nitrogen and oxygen atoms in total. The van der Waals surface area contributed by atoms with Crippen molar-refractivity contribution in [2.45, 2.75) is 25.8 Å². The van der Waals surface area contributed by atoms with Crippen LogP contribution in [0.25, 0.3) is 10.9 Å². The molecule has 0 radical (unpaired) electrons. The van der Waals surface area contributed by atoms with Crippen LogP contribution < -0.4 is 5.32 Å². The van der Waals surface area contributed by atoms with Crippen molar-refractivity contribution in [1.29, 1.82) is 0 Å². The smallest absolute Gasteiger partial charge is 0.253 e. The average molecular weight is 277 g/mol. The van der Waals surface area contributed by atoms with Crippen molar-refractivity contribution in [3.63, 3.8) is 0 Å². The van der Waals surface area contributed by atoms with Crippen molar-refractivity contribution >= 4 is 28.4 Å². The van der Waals surface area contributed by atoms with Gasteiger partial charge in [-0.15, -0.1) is 11.6 Å². The summed E-state index contributed by atoms with van der Waals surface area (Å²) in [5, 5.41) is 3.99. The number of para-hydroxylation sites is 1. The predicted molar refractivity (Wildman–Crippen MR) is 78.6 cm³/mol. The van der Waals surface area contributed by atoms with Gasteiger partial charge in [-0.2, -0.15) is 0 Å². The summed E-state index contributed by atoms with van der Waals surface area (Å²) in [6.45, 7) is 2.04. The minimum atomic E-state index is -0.0822. The van der Waals surface area contributed by atoms with Gasteiger partial charge in [0.15, 0.2) is 0 Å². The second-order valence-corrected chi connectivity index (χ2v) is 4.81. The van der Waals surface area contributed by atoms with E-state index in [0.29, 0.717) is 11.4 Å². The number of carbonyl (C=O) groups is 1. The highest BCUT2D eigenvalue weighted by atomic mass is 35.5. The van der Waals surface area contributed by atoms with Gasteiger partial charge in [0.1, 0.15) is 0 Å². The minimum Gasteiger partial charge on any atom is -0.349 e. The predicted octanol–water partition coefficient (Wildman–Crippen LogP) is 3.37. The Kier molecular flexibility index (Phi) is 4.74. The fraction of sp³-hybridized carbons (Fsp3) is 0.333. The first kappa shape index (κ1) is 13.8. The molecule has 1 atom stereocenters. The Balaban J connectivity index is 2.26. The summed E-state index contributed by atoms with van der Waals surface area (Å²) in [6.07, 6.45) is 3.35. The molecule has 0 aliphatic heterocycles. The number of rotatable bonds is 5. The molecule has 2 rings (SSSR count). The monoisotopic (exact) mass is 276 g/mol. The third kappa shape index (κ3) is 3.24. The molecule has 100 valence electrons. The van der Waals surface area contributed by atoms with E-state index in [1.54, 1.807) is 12.3 Å². The Hall–Kier alpha value is -1.61. The molecule has 0 saturated carbocycles. The van der Waals surface area contributed by atoms with Gasteiger partial charge in [0.25, 0.3) is 5.91 Å². The molecule has 1 amide bonds. The molecule has 0 saturated heterocycles. The lowest BCUT2D eigenvalue weighted by atomic mass is 10.1. The van der Waals surface area contributed by atoms with Crippen molar-refractivity contribution < 1.29 is 4.79 Å². The topological polar surface area (TPSA) is 42.0 Å². The molecule has 0 bridgehead atoms. The lowest BCUT2D eigenvalue weighted by Gasteiger charge is -2.16. The molecule has 1 heterocycles. The molecule has 0 spiro atoms. The van der Waals surface area contributed by atoms with E-state index in [-0.39, 0.29) is 11.9 Å². The summed E-state index contributed by atoms with van der Waals surface area (Å²) in [5.41, 5.74) is 1.36. The molecular weight excluding hydrogens is 260 g/mol. The minimum absolute atomic E-state index is 0.0822. The van der Waals surface area contributed by atoms with Gasteiger partial charge in [0.2, 0.25) is 0 Å². The number of benzene rings is 1. The molecule has 19 heavy (non-hydrogen) atoms. The summed E-state index contributed by atoms with van der Waals surface area (Å²) < 4.78 is 0. The number of amides is 1. The summed E-state index contributed by atoms with van der Waals surface area (Å²) in [4.78, 5) is 16.6. The van der Waals surface area contributed by atoms with Crippen molar-refractivity contribution in [2.75, 3.05) is 5.88 Å². The van der Waals surface area contributed by atoms with Crippen molar-refractivity contribution in [1.82, 2.24) is 10.3 Å². The molecule has 1 N–H and O–H groups in total. The molecule has 4 heteroatoms. The summed E-state index contributed by atoms with van der Waals surface area (Å²) in [7, 11) is 0. The van der Waals surface area contributed by atoms with Crippen LogP contribution in [0.5, 0.6) is 0 Å². The molecular formula is C15H17ClN2O. The highest BCUT2D eigenvalue weighted by Crippen LogP contribution is 2.16. The zero-order valence-corrected chi connectivity index (χ0v) is 11.7. The maximum absolute atomic E-state index is 12.3. The number of pyridine rings is 1. The van der Waals surface area contributed by atoms with Gasteiger partial charge in [0, 0.05) is 23.5 Å². The molecule has 1 aromatic heterocycles. The number of fused-ring (bicyclic) bond motifs is 1. The number of hydrogen-bond donors (Lipinski definition) is 1. The van der Waals surface area contributed by atoms with Gasteiger partial charge in [-0.05, 0) is 25.0 Å². The second-order valence-electron chi connectivity index (χ2n) is 4.44. The maximum Gasteiger partial charge on any atom is 0.253 e. The maximum atomic E-state index is 12.3. The first-order valence-electron chi connectivity index (χ1n) is 6.46. The SMILES string of the molecule is CCC(CCCl)NC(=O)c1cccc2cccnc12. The third-order valence-corrected chi connectivity index (χ3v) is 3.38. The Bertz CT molecular complexity index is 566. The fourth-order valence-electron chi connectivity index (χ4n) is 2.06. The average Bonchev–Trinajstić information content (AvgIpc) is 2.46. The Morgan fingerprint density at radius 3 is 2.89 bits per heavy atom. The molecule has 0 aliphatic carbocycles. The number of nitrogens with one attached hydrogen (secondary N) is 1. The number of aromatic nitrogens is 1. The third-order valence-electron chi connectivity index (χ3n) is 3.16. The van der Waals surface area contributed by atoms with Gasteiger partial charge >= 0.3 is 0 Å².